The Morgan fingerprint density at radius 3 is 2.65 bits per heavy atom. The van der Waals surface area contributed by atoms with E-state index in [1.54, 1.807) is 26.8 Å². The predicted octanol–water partition coefficient (Wildman–Crippen LogP) is 1.67. The van der Waals surface area contributed by atoms with Crippen LogP contribution < -0.4 is 5.32 Å². The summed E-state index contributed by atoms with van der Waals surface area (Å²) >= 11 is 1.06. The molecule has 1 atom stereocenters. The van der Waals surface area contributed by atoms with Crippen LogP contribution in [0.1, 0.15) is 49.5 Å². The van der Waals surface area contributed by atoms with Gasteiger partial charge in [0, 0.05) is 5.69 Å². The van der Waals surface area contributed by atoms with Crippen LogP contribution in [0, 0.1) is 13.8 Å². The minimum absolute atomic E-state index is 0.191. The number of rotatable bonds is 4. The Labute approximate surface area is 119 Å². The summed E-state index contributed by atoms with van der Waals surface area (Å²) in [6.45, 7) is 5.19. The number of aryl methyl sites for hydroxylation is 2. The second kappa shape index (κ2) is 5.41. The first-order valence-corrected chi connectivity index (χ1v) is 6.73. The number of amides is 1. The molecule has 0 aliphatic heterocycles. The van der Waals surface area contributed by atoms with Gasteiger partial charge in [-0.1, -0.05) is 0 Å². The molecule has 2 aromatic heterocycles. The molecule has 20 heavy (non-hydrogen) atoms. The van der Waals surface area contributed by atoms with Crippen molar-refractivity contribution >= 4 is 23.2 Å². The molecule has 0 saturated heterocycles. The van der Waals surface area contributed by atoms with Crippen molar-refractivity contribution in [2.45, 2.75) is 26.8 Å². The molecule has 1 unspecified atom stereocenters. The minimum Gasteiger partial charge on any atom is -0.477 e. The number of carboxylic acid groups (broad SMARTS) is 1. The van der Waals surface area contributed by atoms with Gasteiger partial charge in [0.1, 0.15) is 15.6 Å². The van der Waals surface area contributed by atoms with Crippen LogP contribution in [0.15, 0.2) is 6.07 Å². The Morgan fingerprint density at radius 1 is 1.45 bits per heavy atom. The van der Waals surface area contributed by atoms with E-state index in [2.05, 4.69) is 20.5 Å². The summed E-state index contributed by atoms with van der Waals surface area (Å²) in [7, 11) is 0. The van der Waals surface area contributed by atoms with E-state index in [1.165, 1.54) is 0 Å². The van der Waals surface area contributed by atoms with Gasteiger partial charge in [-0.3, -0.25) is 9.89 Å². The van der Waals surface area contributed by atoms with Gasteiger partial charge in [0.25, 0.3) is 5.91 Å². The van der Waals surface area contributed by atoms with E-state index in [-0.39, 0.29) is 16.8 Å². The molecule has 0 aliphatic carbocycles. The number of hydrogen-bond acceptors (Lipinski definition) is 5. The van der Waals surface area contributed by atoms with Crippen molar-refractivity contribution < 1.29 is 14.7 Å². The Kier molecular flexibility index (Phi) is 3.84. The molecule has 1 amide bonds. The number of aromatic nitrogens is 3. The zero-order chi connectivity index (χ0) is 14.9. The summed E-state index contributed by atoms with van der Waals surface area (Å²) in [4.78, 5) is 27.3. The first-order chi connectivity index (χ1) is 9.38. The Bertz CT molecular complexity index is 661. The average molecular weight is 294 g/mol. The van der Waals surface area contributed by atoms with Gasteiger partial charge >= 0.3 is 5.97 Å². The fourth-order valence-corrected chi connectivity index (χ4v) is 2.58. The van der Waals surface area contributed by atoms with Crippen molar-refractivity contribution in [1.29, 1.82) is 0 Å². The van der Waals surface area contributed by atoms with Crippen molar-refractivity contribution in [2.75, 3.05) is 0 Å². The summed E-state index contributed by atoms with van der Waals surface area (Å²) in [5.74, 6) is -1.33. The molecule has 3 N–H and O–H groups in total. The highest BCUT2D eigenvalue weighted by molar-refractivity contribution is 7.13. The van der Waals surface area contributed by atoms with Crippen molar-refractivity contribution in [3.05, 3.63) is 33.0 Å². The van der Waals surface area contributed by atoms with Crippen molar-refractivity contribution in [3.8, 4) is 0 Å². The normalized spacial score (nSPS) is 12.2. The van der Waals surface area contributed by atoms with E-state index in [0.717, 1.165) is 17.0 Å². The van der Waals surface area contributed by atoms with Gasteiger partial charge in [0.05, 0.1) is 11.7 Å². The van der Waals surface area contributed by atoms with Crippen LogP contribution in [0.25, 0.3) is 0 Å². The van der Waals surface area contributed by atoms with Crippen LogP contribution >= 0.6 is 11.3 Å². The van der Waals surface area contributed by atoms with Gasteiger partial charge in [0.2, 0.25) is 0 Å². The highest BCUT2D eigenvalue weighted by Crippen LogP contribution is 2.23. The Hall–Kier alpha value is -2.22. The van der Waals surface area contributed by atoms with E-state index >= 15 is 0 Å². The fraction of sp³-hybridized carbons (Fsp3) is 0.333. The molecule has 0 radical (unpaired) electrons. The number of aromatic carboxylic acids is 1. The Balaban J connectivity index is 2.12. The average Bonchev–Trinajstić information content (AvgIpc) is 2.95. The summed E-state index contributed by atoms with van der Waals surface area (Å²) in [5.41, 5.74) is 1.54. The van der Waals surface area contributed by atoms with Crippen molar-refractivity contribution in [1.82, 2.24) is 20.5 Å². The van der Waals surface area contributed by atoms with Crippen LogP contribution in [0.2, 0.25) is 0 Å². The first kappa shape index (κ1) is 14.2. The first-order valence-electron chi connectivity index (χ1n) is 5.92. The lowest BCUT2D eigenvalue weighted by atomic mass is 10.3. The van der Waals surface area contributed by atoms with Gasteiger partial charge in [-0.05, 0) is 26.8 Å². The molecular weight excluding hydrogens is 280 g/mol. The molecule has 106 valence electrons. The molecule has 0 fully saturated rings. The fourth-order valence-electron chi connectivity index (χ4n) is 1.67. The predicted molar refractivity (Wildman–Crippen MR) is 73.0 cm³/mol. The maximum Gasteiger partial charge on any atom is 0.347 e. The third-order valence-corrected chi connectivity index (χ3v) is 3.99. The van der Waals surface area contributed by atoms with Gasteiger partial charge in [0.15, 0.2) is 0 Å². The van der Waals surface area contributed by atoms with Crippen LogP contribution in [-0.2, 0) is 0 Å². The zero-order valence-electron chi connectivity index (χ0n) is 11.2. The third-order valence-electron chi connectivity index (χ3n) is 2.66. The highest BCUT2D eigenvalue weighted by Gasteiger charge is 2.20. The van der Waals surface area contributed by atoms with E-state index in [0.29, 0.717) is 16.4 Å². The van der Waals surface area contributed by atoms with E-state index < -0.39 is 5.97 Å². The molecule has 8 heteroatoms. The van der Waals surface area contributed by atoms with Gasteiger partial charge in [-0.15, -0.1) is 11.3 Å². The number of aromatic amines is 1. The molecule has 7 nitrogen and oxygen atoms in total. The van der Waals surface area contributed by atoms with Crippen molar-refractivity contribution in [2.24, 2.45) is 0 Å². The number of nitrogens with zero attached hydrogens (tertiary/aromatic N) is 2. The second-order valence-electron chi connectivity index (χ2n) is 4.40. The molecule has 0 bridgehead atoms. The van der Waals surface area contributed by atoms with Crippen LogP contribution in [-0.4, -0.2) is 32.2 Å². The molecule has 2 rings (SSSR count). The van der Waals surface area contributed by atoms with Gasteiger partial charge in [-0.25, -0.2) is 9.78 Å². The van der Waals surface area contributed by atoms with E-state index in [4.69, 9.17) is 5.11 Å². The summed E-state index contributed by atoms with van der Waals surface area (Å²) in [5, 5.41) is 18.8. The van der Waals surface area contributed by atoms with Crippen LogP contribution in [0.4, 0.5) is 0 Å². The topological polar surface area (TPSA) is 108 Å². The molecule has 0 aliphatic rings. The molecular formula is C12H14N4O3S. The summed E-state index contributed by atoms with van der Waals surface area (Å²) in [6, 6.07) is 1.26. The maximum atomic E-state index is 11.9. The lowest BCUT2D eigenvalue weighted by Crippen LogP contribution is -2.26. The van der Waals surface area contributed by atoms with Gasteiger partial charge in [-0.2, -0.15) is 5.10 Å². The molecule has 2 aromatic rings. The number of hydrogen-bond donors (Lipinski definition) is 3. The zero-order valence-corrected chi connectivity index (χ0v) is 12.0. The molecule has 0 aromatic carbocycles. The SMILES string of the molecule is Cc1cc(C(=O)NC(C)c2nc(C)c(C(=O)O)s2)n[nH]1. The van der Waals surface area contributed by atoms with Crippen LogP contribution in [0.5, 0.6) is 0 Å². The monoisotopic (exact) mass is 294 g/mol. The van der Waals surface area contributed by atoms with Gasteiger partial charge < -0.3 is 10.4 Å². The number of nitrogens with one attached hydrogen (secondary N) is 2. The highest BCUT2D eigenvalue weighted by atomic mass is 32.1. The third kappa shape index (κ3) is 2.85. The number of carbonyl (C=O) groups is 2. The van der Waals surface area contributed by atoms with E-state index in [9.17, 15) is 9.59 Å². The smallest absolute Gasteiger partial charge is 0.347 e. The lowest BCUT2D eigenvalue weighted by Gasteiger charge is -2.09. The number of H-pyrrole nitrogens is 1. The van der Waals surface area contributed by atoms with Crippen molar-refractivity contribution in [3.63, 3.8) is 0 Å². The lowest BCUT2D eigenvalue weighted by molar-refractivity contribution is 0.0701. The minimum atomic E-state index is -1.01. The Morgan fingerprint density at radius 2 is 2.15 bits per heavy atom. The molecule has 0 spiro atoms. The quantitative estimate of drug-likeness (QED) is 0.795. The van der Waals surface area contributed by atoms with Crippen LogP contribution in [0.3, 0.4) is 0 Å². The number of carbonyl (C=O) groups excluding carboxylic acids is 1. The second-order valence-corrected chi connectivity index (χ2v) is 5.43. The molecule has 0 saturated carbocycles. The number of thiazole rings is 1. The molecule has 2 heterocycles. The van der Waals surface area contributed by atoms with E-state index in [1.807, 2.05) is 0 Å². The summed E-state index contributed by atoms with van der Waals surface area (Å²) < 4.78 is 0. The largest absolute Gasteiger partial charge is 0.477 e. The maximum absolute atomic E-state index is 11.9. The summed E-state index contributed by atoms with van der Waals surface area (Å²) in [6.07, 6.45) is 0. The number of carboxylic acids is 1. The standard InChI is InChI=1S/C12H14N4O3S/c1-5-4-8(16-15-5)10(17)13-7(3)11-14-6(2)9(20-11)12(18)19/h4,7H,1-3H3,(H,13,17)(H,15,16)(H,18,19).